The van der Waals surface area contributed by atoms with Crippen LogP contribution in [0.15, 0.2) is 0 Å². The Hall–Kier alpha value is -1.06. The molecule has 4 heteroatoms. The summed E-state index contributed by atoms with van der Waals surface area (Å²) in [6, 6.07) is 0. The molecule has 2 N–H and O–H groups in total. The lowest BCUT2D eigenvalue weighted by molar-refractivity contribution is -0.179. The Labute approximate surface area is 107 Å². The molecule has 0 aromatic heterocycles. The number of hydrogen-bond acceptors (Lipinski definition) is 2. The standard InChI is InChI=1S/C14H21NO3/c1-9(16)15-14-5-10-3-12(2,7-14)6-13(4-10,8-14)11(17)18/h10H,3-8H2,1-2H3,(H,15,16)(H,17,18)/t10-,12+,13+,14+/m1/s1. The molecule has 4 fully saturated rings. The lowest BCUT2D eigenvalue weighted by Gasteiger charge is -2.64. The summed E-state index contributed by atoms with van der Waals surface area (Å²) in [5, 5.41) is 12.7. The van der Waals surface area contributed by atoms with Gasteiger partial charge in [-0.05, 0) is 49.9 Å². The summed E-state index contributed by atoms with van der Waals surface area (Å²) in [6.45, 7) is 3.74. The molecule has 0 aromatic carbocycles. The zero-order valence-corrected chi connectivity index (χ0v) is 11.1. The van der Waals surface area contributed by atoms with Gasteiger partial charge < -0.3 is 10.4 Å². The number of aliphatic carboxylic acids is 1. The predicted octanol–water partition coefficient (Wildman–Crippen LogP) is 1.94. The van der Waals surface area contributed by atoms with E-state index in [0.29, 0.717) is 12.3 Å². The van der Waals surface area contributed by atoms with Crippen LogP contribution in [0.1, 0.15) is 52.4 Å². The molecule has 4 nitrogen and oxygen atoms in total. The van der Waals surface area contributed by atoms with Gasteiger partial charge >= 0.3 is 5.97 Å². The minimum absolute atomic E-state index is 0.0268. The third-order valence-corrected chi connectivity index (χ3v) is 5.24. The van der Waals surface area contributed by atoms with E-state index in [-0.39, 0.29) is 16.9 Å². The zero-order chi connectivity index (χ0) is 13.2. The quantitative estimate of drug-likeness (QED) is 0.788. The highest BCUT2D eigenvalue weighted by Gasteiger charge is 2.64. The Bertz CT molecular complexity index is 435. The van der Waals surface area contributed by atoms with Crippen molar-refractivity contribution in [2.75, 3.05) is 0 Å². The first kappa shape index (κ1) is 12.0. The number of carbonyl (C=O) groups is 2. The molecule has 4 aliphatic rings. The normalized spacial score (nSPS) is 49.1. The fourth-order valence-electron chi connectivity index (χ4n) is 5.67. The second-order valence-corrected chi connectivity index (χ2v) is 7.37. The van der Waals surface area contributed by atoms with Gasteiger partial charge in [0.05, 0.1) is 5.41 Å². The van der Waals surface area contributed by atoms with Crippen LogP contribution in [0.3, 0.4) is 0 Å². The Morgan fingerprint density at radius 1 is 1.17 bits per heavy atom. The van der Waals surface area contributed by atoms with E-state index >= 15 is 0 Å². The summed E-state index contributed by atoms with van der Waals surface area (Å²) in [4.78, 5) is 23.2. The number of carbonyl (C=O) groups excluding carboxylic acids is 1. The second-order valence-electron chi connectivity index (χ2n) is 7.37. The van der Waals surface area contributed by atoms with Crippen LogP contribution in [0.4, 0.5) is 0 Å². The average molecular weight is 251 g/mol. The van der Waals surface area contributed by atoms with E-state index in [1.54, 1.807) is 0 Å². The molecule has 1 amide bonds. The molecule has 18 heavy (non-hydrogen) atoms. The second kappa shape index (κ2) is 3.28. The molecule has 0 radical (unpaired) electrons. The van der Waals surface area contributed by atoms with Gasteiger partial charge in [0.25, 0.3) is 0 Å². The molecule has 4 saturated carbocycles. The molecule has 4 aliphatic carbocycles. The Balaban J connectivity index is 2.00. The largest absolute Gasteiger partial charge is 0.481 e. The molecule has 0 spiro atoms. The van der Waals surface area contributed by atoms with Gasteiger partial charge in [-0.25, -0.2) is 0 Å². The van der Waals surface area contributed by atoms with Gasteiger partial charge in [-0.1, -0.05) is 6.92 Å². The lowest BCUT2D eigenvalue weighted by atomic mass is 9.42. The van der Waals surface area contributed by atoms with Gasteiger partial charge in [0, 0.05) is 12.5 Å². The van der Waals surface area contributed by atoms with E-state index in [0.717, 1.165) is 32.1 Å². The fraction of sp³-hybridized carbons (Fsp3) is 0.857. The number of carboxylic acid groups (broad SMARTS) is 1. The molecular weight excluding hydrogens is 230 g/mol. The Morgan fingerprint density at radius 3 is 2.44 bits per heavy atom. The van der Waals surface area contributed by atoms with Crippen LogP contribution in [0, 0.1) is 16.7 Å². The van der Waals surface area contributed by atoms with Crippen molar-refractivity contribution in [2.24, 2.45) is 16.7 Å². The van der Waals surface area contributed by atoms with Crippen molar-refractivity contribution in [3.8, 4) is 0 Å². The number of carboxylic acids is 1. The first-order valence-corrected chi connectivity index (χ1v) is 6.79. The van der Waals surface area contributed by atoms with Crippen molar-refractivity contribution in [1.82, 2.24) is 5.32 Å². The summed E-state index contributed by atoms with van der Waals surface area (Å²) in [5.41, 5.74) is -0.741. The van der Waals surface area contributed by atoms with E-state index in [1.165, 1.54) is 6.92 Å². The van der Waals surface area contributed by atoms with Crippen LogP contribution in [0.5, 0.6) is 0 Å². The van der Waals surface area contributed by atoms with Gasteiger partial charge in [-0.3, -0.25) is 9.59 Å². The molecule has 4 atom stereocenters. The summed E-state index contributed by atoms with van der Waals surface area (Å²) in [6.07, 6.45) is 5.26. The Kier molecular flexibility index (Phi) is 2.19. The molecule has 0 unspecified atom stereocenters. The first-order valence-electron chi connectivity index (χ1n) is 6.79. The first-order chi connectivity index (χ1) is 8.27. The van der Waals surface area contributed by atoms with Gasteiger partial charge in [0.1, 0.15) is 0 Å². The lowest BCUT2D eigenvalue weighted by Crippen LogP contribution is -2.67. The molecule has 0 aromatic rings. The monoisotopic (exact) mass is 251 g/mol. The molecule has 100 valence electrons. The van der Waals surface area contributed by atoms with Crippen molar-refractivity contribution >= 4 is 11.9 Å². The van der Waals surface area contributed by atoms with Crippen LogP contribution < -0.4 is 5.32 Å². The number of amides is 1. The maximum atomic E-state index is 11.7. The van der Waals surface area contributed by atoms with E-state index in [9.17, 15) is 14.7 Å². The third-order valence-electron chi connectivity index (χ3n) is 5.24. The Morgan fingerprint density at radius 2 is 1.89 bits per heavy atom. The minimum atomic E-state index is -0.660. The van der Waals surface area contributed by atoms with Gasteiger partial charge in [0.2, 0.25) is 5.91 Å². The zero-order valence-electron chi connectivity index (χ0n) is 11.1. The predicted molar refractivity (Wildman–Crippen MR) is 65.9 cm³/mol. The van der Waals surface area contributed by atoms with Crippen LogP contribution in [0.25, 0.3) is 0 Å². The molecule has 4 rings (SSSR count). The highest BCUT2D eigenvalue weighted by Crippen LogP contribution is 2.66. The molecule has 4 bridgehead atoms. The van der Waals surface area contributed by atoms with Gasteiger partial charge in [0.15, 0.2) is 0 Å². The summed E-state index contributed by atoms with van der Waals surface area (Å²) >= 11 is 0. The van der Waals surface area contributed by atoms with Gasteiger partial charge in [-0.15, -0.1) is 0 Å². The van der Waals surface area contributed by atoms with E-state index in [2.05, 4.69) is 12.2 Å². The minimum Gasteiger partial charge on any atom is -0.481 e. The maximum absolute atomic E-state index is 11.7. The molecule has 0 aliphatic heterocycles. The van der Waals surface area contributed by atoms with Crippen LogP contribution >= 0.6 is 0 Å². The summed E-state index contributed by atoms with van der Waals surface area (Å²) in [7, 11) is 0. The molecule has 0 saturated heterocycles. The van der Waals surface area contributed by atoms with Crippen molar-refractivity contribution < 1.29 is 14.7 Å². The van der Waals surface area contributed by atoms with Crippen LogP contribution in [-0.2, 0) is 9.59 Å². The highest BCUT2D eigenvalue weighted by atomic mass is 16.4. The smallest absolute Gasteiger partial charge is 0.309 e. The van der Waals surface area contributed by atoms with E-state index in [1.807, 2.05) is 0 Å². The summed E-state index contributed by atoms with van der Waals surface area (Å²) in [5.74, 6) is -0.220. The summed E-state index contributed by atoms with van der Waals surface area (Å²) < 4.78 is 0. The fourth-order valence-corrected chi connectivity index (χ4v) is 5.67. The maximum Gasteiger partial charge on any atom is 0.309 e. The van der Waals surface area contributed by atoms with Gasteiger partial charge in [-0.2, -0.15) is 0 Å². The van der Waals surface area contributed by atoms with E-state index < -0.39 is 11.4 Å². The topological polar surface area (TPSA) is 66.4 Å². The molecule has 0 heterocycles. The number of rotatable bonds is 2. The highest BCUT2D eigenvalue weighted by molar-refractivity contribution is 5.77. The van der Waals surface area contributed by atoms with Crippen LogP contribution in [-0.4, -0.2) is 22.5 Å². The van der Waals surface area contributed by atoms with Crippen molar-refractivity contribution in [2.45, 2.75) is 57.9 Å². The van der Waals surface area contributed by atoms with Crippen molar-refractivity contribution in [3.63, 3.8) is 0 Å². The SMILES string of the molecule is CC(=O)N[C@@]12C[C@@H]3C[C@](C)(C1)C[C@@](C(=O)O)(C3)C2. The average Bonchev–Trinajstić information content (AvgIpc) is 2.09. The number of hydrogen-bond donors (Lipinski definition) is 2. The molecular formula is C14H21NO3. The van der Waals surface area contributed by atoms with Crippen molar-refractivity contribution in [3.05, 3.63) is 0 Å². The number of nitrogens with one attached hydrogen (secondary N) is 1. The van der Waals surface area contributed by atoms with Crippen LogP contribution in [0.2, 0.25) is 0 Å². The van der Waals surface area contributed by atoms with E-state index in [4.69, 9.17) is 0 Å². The van der Waals surface area contributed by atoms with Crippen molar-refractivity contribution in [1.29, 1.82) is 0 Å². The third kappa shape index (κ3) is 1.57.